The van der Waals surface area contributed by atoms with Gasteiger partial charge in [-0.25, -0.2) is 9.37 Å². The third-order valence-electron chi connectivity index (χ3n) is 8.40. The van der Waals surface area contributed by atoms with Crippen LogP contribution in [0.3, 0.4) is 0 Å². The zero-order valence-electron chi connectivity index (χ0n) is 24.5. The Hall–Kier alpha value is -4.65. The van der Waals surface area contributed by atoms with Crippen LogP contribution in [0.5, 0.6) is 0 Å². The zero-order chi connectivity index (χ0) is 29.4. The van der Waals surface area contributed by atoms with Gasteiger partial charge in [-0.1, -0.05) is 24.3 Å². The Morgan fingerprint density at radius 3 is 2.44 bits per heavy atom. The Bertz CT molecular complexity index is 2110. The van der Waals surface area contributed by atoms with Crippen LogP contribution in [-0.2, 0) is 7.05 Å². The van der Waals surface area contributed by atoms with E-state index in [2.05, 4.69) is 50.8 Å². The number of fused-ring (bicyclic) bond motifs is 5. The first kappa shape index (κ1) is 26.6. The number of carboxylic acid groups (broad SMARTS) is 1. The van der Waals surface area contributed by atoms with Crippen molar-refractivity contribution in [1.82, 2.24) is 9.14 Å². The van der Waals surface area contributed by atoms with Gasteiger partial charge in [-0.05, 0) is 57.0 Å². The van der Waals surface area contributed by atoms with Crippen LogP contribution in [0.1, 0.15) is 43.6 Å². The molecule has 0 unspecified atom stereocenters. The lowest BCUT2D eigenvalue weighted by Gasteiger charge is -2.42. The number of hydrogen-bond donors (Lipinski definition) is 1. The first-order valence-electron chi connectivity index (χ1n) is 13.8. The molecule has 7 heteroatoms. The van der Waals surface area contributed by atoms with Gasteiger partial charge in [0.05, 0.1) is 22.0 Å². The number of nitrogens with zero attached hydrogens (tertiary/aromatic N) is 3. The molecule has 7 nitrogen and oxygen atoms in total. The van der Waals surface area contributed by atoms with E-state index in [0.29, 0.717) is 33.1 Å². The smallest absolute Gasteiger partial charge is 0.336 e. The number of anilines is 1. The molecular formula is C34H34N3O4+. The Labute approximate surface area is 237 Å². The topological polar surface area (TPSA) is 78.7 Å². The number of pyridine rings is 1. The Balaban J connectivity index is 1.90. The summed E-state index contributed by atoms with van der Waals surface area (Å²) < 4.78 is 10.3. The van der Waals surface area contributed by atoms with Crippen LogP contribution in [0.25, 0.3) is 49.5 Å². The third kappa shape index (κ3) is 3.90. The highest BCUT2D eigenvalue weighted by Crippen LogP contribution is 2.45. The first-order valence-corrected chi connectivity index (χ1v) is 13.8. The van der Waals surface area contributed by atoms with E-state index in [1.807, 2.05) is 42.9 Å². The van der Waals surface area contributed by atoms with Crippen molar-refractivity contribution in [2.24, 2.45) is 7.05 Å². The number of benzene rings is 3. The number of aromatic carboxylic acids is 1. The lowest BCUT2D eigenvalue weighted by molar-refractivity contribution is 0.0697. The van der Waals surface area contributed by atoms with E-state index in [1.54, 1.807) is 29.8 Å². The van der Waals surface area contributed by atoms with Gasteiger partial charge in [0, 0.05) is 59.4 Å². The highest BCUT2D eigenvalue weighted by molar-refractivity contribution is 6.17. The molecule has 5 aromatic rings. The van der Waals surface area contributed by atoms with Gasteiger partial charge in [0.15, 0.2) is 0 Å². The summed E-state index contributed by atoms with van der Waals surface area (Å²) in [5.41, 5.74) is 5.74. The normalized spacial score (nSPS) is 14.4. The van der Waals surface area contributed by atoms with Gasteiger partial charge in [0.1, 0.15) is 25.3 Å². The lowest BCUT2D eigenvalue weighted by atomic mass is 9.86. The highest BCUT2D eigenvalue weighted by atomic mass is 16.4. The molecular weight excluding hydrogens is 514 g/mol. The van der Waals surface area contributed by atoms with Crippen LogP contribution >= 0.6 is 0 Å². The minimum Gasteiger partial charge on any atom is -0.478 e. The molecule has 0 atom stereocenters. The first-order chi connectivity index (χ1) is 19.4. The summed E-state index contributed by atoms with van der Waals surface area (Å²) in [6.07, 6.45) is 2.25. The molecule has 0 bridgehead atoms. The Kier molecular flexibility index (Phi) is 5.96. The third-order valence-corrected chi connectivity index (χ3v) is 8.40. The van der Waals surface area contributed by atoms with Gasteiger partial charge in [0.2, 0.25) is 5.36 Å². The molecule has 1 N–H and O–H groups in total. The summed E-state index contributed by atoms with van der Waals surface area (Å²) in [6, 6.07) is 16.9. The minimum atomic E-state index is -1.05. The summed E-state index contributed by atoms with van der Waals surface area (Å²) in [5, 5.41) is 13.0. The molecule has 0 spiro atoms. The molecule has 0 radical (unpaired) electrons. The monoisotopic (exact) mass is 548 g/mol. The number of likely N-dealkylation sites (N-methyl/N-ethyl adjacent to an activating group) is 1. The van der Waals surface area contributed by atoms with Gasteiger partial charge in [-0.3, -0.25) is 4.79 Å². The molecule has 0 aliphatic carbocycles. The number of hydrogen-bond acceptors (Lipinski definition) is 4. The Morgan fingerprint density at radius 2 is 1.76 bits per heavy atom. The fourth-order valence-electron chi connectivity index (χ4n) is 6.48. The molecule has 3 heterocycles. The number of allylic oxidation sites excluding steroid dienone is 1. The summed E-state index contributed by atoms with van der Waals surface area (Å²) in [6.45, 7) is 9.42. The molecule has 0 saturated carbocycles. The molecule has 41 heavy (non-hydrogen) atoms. The highest BCUT2D eigenvalue weighted by Gasteiger charge is 2.32. The Morgan fingerprint density at radius 1 is 1.02 bits per heavy atom. The van der Waals surface area contributed by atoms with E-state index in [1.165, 1.54) is 0 Å². The number of rotatable bonds is 3. The maximum absolute atomic E-state index is 14.2. The van der Waals surface area contributed by atoms with Crippen molar-refractivity contribution in [1.29, 1.82) is 0 Å². The molecule has 208 valence electrons. The molecule has 1 aliphatic heterocycles. The summed E-state index contributed by atoms with van der Waals surface area (Å²) >= 11 is 0. The van der Waals surface area contributed by atoms with Crippen molar-refractivity contribution in [3.63, 3.8) is 0 Å². The SMILES string of the molecule is CCN1c2cc3oc4c(c(-c5ccccc5C(=O)O)c3cc2C(C)=CC1(C)C)c(=O)n(C)c1cc(=[N+](C)C)ccc41. The van der Waals surface area contributed by atoms with Crippen molar-refractivity contribution in [2.75, 3.05) is 25.5 Å². The molecule has 0 saturated heterocycles. The number of carbonyl (C=O) groups is 1. The van der Waals surface area contributed by atoms with Crippen LogP contribution in [0.4, 0.5) is 5.69 Å². The van der Waals surface area contributed by atoms with Crippen molar-refractivity contribution in [2.45, 2.75) is 33.2 Å². The van der Waals surface area contributed by atoms with Gasteiger partial charge in [-0.2, -0.15) is 0 Å². The van der Waals surface area contributed by atoms with Gasteiger partial charge in [-0.15, -0.1) is 0 Å². The minimum absolute atomic E-state index is 0.132. The van der Waals surface area contributed by atoms with Crippen LogP contribution in [-0.4, -0.2) is 41.8 Å². The van der Waals surface area contributed by atoms with Gasteiger partial charge < -0.3 is 19.0 Å². The van der Waals surface area contributed by atoms with E-state index in [9.17, 15) is 14.7 Å². The fourth-order valence-corrected chi connectivity index (χ4v) is 6.48. The van der Waals surface area contributed by atoms with Crippen LogP contribution in [0.2, 0.25) is 0 Å². The van der Waals surface area contributed by atoms with Crippen LogP contribution < -0.4 is 20.4 Å². The predicted octanol–water partition coefficient (Wildman–Crippen LogP) is 5.86. The summed E-state index contributed by atoms with van der Waals surface area (Å²) in [5.74, 6) is -1.05. The van der Waals surface area contributed by atoms with Crippen molar-refractivity contribution >= 4 is 50.1 Å². The van der Waals surface area contributed by atoms with E-state index in [4.69, 9.17) is 4.42 Å². The molecule has 3 aromatic carbocycles. The van der Waals surface area contributed by atoms with Crippen molar-refractivity contribution in [3.8, 4) is 11.1 Å². The number of aromatic nitrogens is 1. The zero-order valence-corrected chi connectivity index (χ0v) is 24.5. The van der Waals surface area contributed by atoms with Crippen molar-refractivity contribution < 1.29 is 14.3 Å². The quantitative estimate of drug-likeness (QED) is 0.174. The summed E-state index contributed by atoms with van der Waals surface area (Å²) in [4.78, 5) is 29.0. The second-order valence-electron chi connectivity index (χ2n) is 11.6. The maximum Gasteiger partial charge on any atom is 0.336 e. The second-order valence-corrected chi connectivity index (χ2v) is 11.6. The van der Waals surface area contributed by atoms with Crippen LogP contribution in [0.15, 0.2) is 69.9 Å². The maximum atomic E-state index is 14.2. The largest absolute Gasteiger partial charge is 0.478 e. The van der Waals surface area contributed by atoms with E-state index < -0.39 is 5.97 Å². The molecule has 0 fully saturated rings. The standard InChI is InChI=1S/C34H33N3O4/c1-8-37-27-17-28-25(16-24(27)19(2)18-34(37,3)4)29(21-11-9-10-12-22(21)33(39)40)30-31(41-28)23-14-13-20(35(5)6)15-26(23)36(7)32(30)38/h9-18H,8H2,1-7H3/p+1. The number of aryl methyl sites for hydroxylation is 1. The van der Waals surface area contributed by atoms with Crippen LogP contribution in [0, 0.1) is 0 Å². The second kappa shape index (κ2) is 9.20. The van der Waals surface area contributed by atoms with E-state index >= 15 is 0 Å². The molecule has 0 amide bonds. The van der Waals surface area contributed by atoms with Gasteiger partial charge in [0.25, 0.3) is 5.56 Å². The van der Waals surface area contributed by atoms with Crippen molar-refractivity contribution in [3.05, 3.63) is 87.5 Å². The van der Waals surface area contributed by atoms with Gasteiger partial charge >= 0.3 is 5.97 Å². The molecule has 2 aromatic heterocycles. The average Bonchev–Trinajstić information content (AvgIpc) is 2.93. The van der Waals surface area contributed by atoms with E-state index in [-0.39, 0.29) is 16.7 Å². The molecule has 6 rings (SSSR count). The fraction of sp³-hybridized carbons (Fsp3) is 0.265. The predicted molar refractivity (Wildman–Crippen MR) is 167 cm³/mol. The lowest BCUT2D eigenvalue weighted by Crippen LogP contribution is -2.44. The average molecular weight is 549 g/mol. The number of carboxylic acids is 1. The summed E-state index contributed by atoms with van der Waals surface area (Å²) in [7, 11) is 5.67. The molecule has 1 aliphatic rings. The van der Waals surface area contributed by atoms with E-state index in [0.717, 1.165) is 39.6 Å².